The zero-order chi connectivity index (χ0) is 17.6. The maximum atomic E-state index is 13.7. The first-order chi connectivity index (χ1) is 12.2. The lowest BCUT2D eigenvalue weighted by molar-refractivity contribution is 0.280. The lowest BCUT2D eigenvalue weighted by atomic mass is 10.2. The van der Waals surface area contributed by atoms with Crippen molar-refractivity contribution in [1.29, 1.82) is 0 Å². The molecule has 2 aromatic carbocycles. The Morgan fingerprint density at radius 3 is 2.72 bits per heavy atom. The van der Waals surface area contributed by atoms with Crippen LogP contribution in [0.2, 0.25) is 5.02 Å². The lowest BCUT2D eigenvalue weighted by Crippen LogP contribution is -2.01. The van der Waals surface area contributed by atoms with Gasteiger partial charge in [-0.3, -0.25) is 0 Å². The molecular formula is C17H14ClFN4O2. The highest BCUT2D eigenvalue weighted by Crippen LogP contribution is 2.36. The van der Waals surface area contributed by atoms with Gasteiger partial charge in [-0.2, -0.15) is 5.10 Å². The predicted molar refractivity (Wildman–Crippen MR) is 91.8 cm³/mol. The second-order valence-electron chi connectivity index (χ2n) is 5.00. The van der Waals surface area contributed by atoms with E-state index < -0.39 is 0 Å². The van der Waals surface area contributed by atoms with Crippen LogP contribution in [0.4, 0.5) is 4.39 Å². The third-order valence-corrected chi connectivity index (χ3v) is 3.61. The van der Waals surface area contributed by atoms with Gasteiger partial charge >= 0.3 is 0 Å². The summed E-state index contributed by atoms with van der Waals surface area (Å²) in [5.41, 5.74) is 1.13. The fourth-order valence-electron chi connectivity index (χ4n) is 2.11. The number of halogens is 2. The van der Waals surface area contributed by atoms with Gasteiger partial charge in [0.1, 0.15) is 25.1 Å². The summed E-state index contributed by atoms with van der Waals surface area (Å²) in [5, 5.41) is 11.8. The molecule has 8 heteroatoms. The van der Waals surface area contributed by atoms with Gasteiger partial charge in [0.25, 0.3) is 0 Å². The Kier molecular flexibility index (Phi) is 5.25. The number of methoxy groups -OCH3 is 1. The molecule has 0 saturated heterocycles. The van der Waals surface area contributed by atoms with E-state index in [1.54, 1.807) is 36.5 Å². The molecular weight excluding hydrogens is 347 g/mol. The molecule has 1 heterocycles. The molecule has 0 amide bonds. The van der Waals surface area contributed by atoms with Crippen molar-refractivity contribution in [2.75, 3.05) is 7.11 Å². The second kappa shape index (κ2) is 7.76. The summed E-state index contributed by atoms with van der Waals surface area (Å²) in [6.45, 7) is 0.0386. The van der Waals surface area contributed by atoms with Gasteiger partial charge in [-0.15, -0.1) is 10.2 Å². The Morgan fingerprint density at radius 2 is 2.00 bits per heavy atom. The highest BCUT2D eigenvalue weighted by molar-refractivity contribution is 6.32. The first kappa shape index (κ1) is 16.9. The van der Waals surface area contributed by atoms with Gasteiger partial charge in [-0.25, -0.2) is 9.07 Å². The maximum absolute atomic E-state index is 13.7. The average molecular weight is 361 g/mol. The molecule has 0 aliphatic rings. The van der Waals surface area contributed by atoms with Crippen LogP contribution < -0.4 is 9.47 Å². The van der Waals surface area contributed by atoms with E-state index in [-0.39, 0.29) is 12.4 Å². The van der Waals surface area contributed by atoms with Crippen molar-refractivity contribution in [3.63, 3.8) is 0 Å². The van der Waals surface area contributed by atoms with Crippen molar-refractivity contribution in [2.24, 2.45) is 5.10 Å². The first-order valence-electron chi connectivity index (χ1n) is 7.30. The molecule has 0 spiro atoms. The first-order valence-corrected chi connectivity index (χ1v) is 7.68. The summed E-state index contributed by atoms with van der Waals surface area (Å²) in [5.74, 6) is 0.429. The molecule has 0 unspecified atom stereocenters. The van der Waals surface area contributed by atoms with E-state index in [2.05, 4.69) is 15.3 Å². The van der Waals surface area contributed by atoms with Crippen LogP contribution in [0.25, 0.3) is 0 Å². The summed E-state index contributed by atoms with van der Waals surface area (Å²) in [6, 6.07) is 9.78. The monoisotopic (exact) mass is 360 g/mol. The van der Waals surface area contributed by atoms with Crippen molar-refractivity contribution < 1.29 is 13.9 Å². The molecule has 3 rings (SSSR count). The zero-order valence-electron chi connectivity index (χ0n) is 13.3. The van der Waals surface area contributed by atoms with Gasteiger partial charge in [-0.05, 0) is 23.8 Å². The van der Waals surface area contributed by atoms with E-state index in [0.29, 0.717) is 27.6 Å². The van der Waals surface area contributed by atoms with Crippen LogP contribution in [-0.2, 0) is 6.61 Å². The minimum Gasteiger partial charge on any atom is -0.493 e. The predicted octanol–water partition coefficient (Wildman–Crippen LogP) is 3.54. The van der Waals surface area contributed by atoms with Gasteiger partial charge in [0, 0.05) is 5.56 Å². The third kappa shape index (κ3) is 4.13. The van der Waals surface area contributed by atoms with Gasteiger partial charge < -0.3 is 9.47 Å². The summed E-state index contributed by atoms with van der Waals surface area (Å²) >= 11 is 6.29. The number of hydrogen-bond acceptors (Lipinski definition) is 5. The molecule has 128 valence electrons. The van der Waals surface area contributed by atoms with E-state index in [4.69, 9.17) is 21.1 Å². The average Bonchev–Trinajstić information content (AvgIpc) is 3.13. The standard InChI is InChI=1S/C17H14ClFN4O2/c1-24-16-7-12(8-22-23-10-20-21-11-23)6-14(18)17(16)25-9-13-4-2-3-5-15(13)19/h2-8,10-11H,9H2,1H3/b22-8+. The summed E-state index contributed by atoms with van der Waals surface area (Å²) in [7, 11) is 1.50. The molecule has 6 nitrogen and oxygen atoms in total. The summed E-state index contributed by atoms with van der Waals surface area (Å²) < 4.78 is 26.1. The van der Waals surface area contributed by atoms with Crippen molar-refractivity contribution in [3.8, 4) is 11.5 Å². The summed E-state index contributed by atoms with van der Waals surface area (Å²) in [6.07, 6.45) is 4.50. The molecule has 25 heavy (non-hydrogen) atoms. The largest absolute Gasteiger partial charge is 0.493 e. The van der Waals surface area contributed by atoms with Gasteiger partial charge in [0.05, 0.1) is 18.3 Å². The van der Waals surface area contributed by atoms with E-state index >= 15 is 0 Å². The van der Waals surface area contributed by atoms with Gasteiger partial charge in [0.15, 0.2) is 11.5 Å². The van der Waals surface area contributed by atoms with Crippen molar-refractivity contribution in [2.45, 2.75) is 6.61 Å². The number of rotatable bonds is 6. The lowest BCUT2D eigenvalue weighted by Gasteiger charge is -2.13. The van der Waals surface area contributed by atoms with Crippen LogP contribution in [0.1, 0.15) is 11.1 Å². The van der Waals surface area contributed by atoms with Crippen molar-refractivity contribution in [1.82, 2.24) is 14.9 Å². The van der Waals surface area contributed by atoms with Crippen LogP contribution in [0.3, 0.4) is 0 Å². The SMILES string of the molecule is COc1cc(/C=N/n2cnnc2)cc(Cl)c1OCc1ccccc1F. The molecule has 1 aromatic heterocycles. The second-order valence-corrected chi connectivity index (χ2v) is 5.41. The number of benzene rings is 2. The van der Waals surface area contributed by atoms with E-state index in [1.807, 2.05) is 0 Å². The normalized spacial score (nSPS) is 11.0. The molecule has 0 saturated carbocycles. The fraction of sp³-hybridized carbons (Fsp3) is 0.118. The Balaban J connectivity index is 1.81. The minimum absolute atomic E-state index is 0.0386. The number of ether oxygens (including phenoxy) is 2. The number of aromatic nitrogens is 3. The Labute approximate surface area is 148 Å². The molecule has 3 aromatic rings. The van der Waals surface area contributed by atoms with Crippen molar-refractivity contribution >= 4 is 17.8 Å². The van der Waals surface area contributed by atoms with Crippen LogP contribution >= 0.6 is 11.6 Å². The summed E-state index contributed by atoms with van der Waals surface area (Å²) in [4.78, 5) is 0. The molecule has 0 aliphatic carbocycles. The van der Waals surface area contributed by atoms with Crippen molar-refractivity contribution in [3.05, 3.63) is 71.0 Å². The molecule has 0 aliphatic heterocycles. The number of nitrogens with zero attached hydrogens (tertiary/aromatic N) is 4. The van der Waals surface area contributed by atoms with Gasteiger partial charge in [0.2, 0.25) is 0 Å². The zero-order valence-corrected chi connectivity index (χ0v) is 14.0. The smallest absolute Gasteiger partial charge is 0.180 e. The molecule has 0 radical (unpaired) electrons. The van der Waals surface area contributed by atoms with Crippen LogP contribution in [-0.4, -0.2) is 28.2 Å². The quantitative estimate of drug-likeness (QED) is 0.631. The molecule has 0 N–H and O–H groups in total. The highest BCUT2D eigenvalue weighted by Gasteiger charge is 2.13. The Bertz CT molecular complexity index is 884. The topological polar surface area (TPSA) is 61.5 Å². The molecule has 0 fully saturated rings. The Morgan fingerprint density at radius 1 is 1.24 bits per heavy atom. The van der Waals surface area contributed by atoms with Crippen LogP contribution in [0, 0.1) is 5.82 Å². The van der Waals surface area contributed by atoms with Crippen LogP contribution in [0.15, 0.2) is 54.2 Å². The minimum atomic E-state index is -0.338. The Hall–Kier alpha value is -2.93. The van der Waals surface area contributed by atoms with E-state index in [1.165, 1.54) is 30.5 Å². The van der Waals surface area contributed by atoms with E-state index in [9.17, 15) is 4.39 Å². The van der Waals surface area contributed by atoms with Crippen LogP contribution in [0.5, 0.6) is 11.5 Å². The van der Waals surface area contributed by atoms with E-state index in [0.717, 1.165) is 0 Å². The van der Waals surface area contributed by atoms with Gasteiger partial charge in [-0.1, -0.05) is 29.8 Å². The highest BCUT2D eigenvalue weighted by atomic mass is 35.5. The number of hydrogen-bond donors (Lipinski definition) is 0. The third-order valence-electron chi connectivity index (χ3n) is 3.33. The maximum Gasteiger partial charge on any atom is 0.180 e. The molecule has 0 atom stereocenters. The fourth-order valence-corrected chi connectivity index (χ4v) is 2.38. The molecule has 0 bridgehead atoms.